The summed E-state index contributed by atoms with van der Waals surface area (Å²) in [5.74, 6) is -3.13. The van der Waals surface area contributed by atoms with Gasteiger partial charge in [0.1, 0.15) is 0 Å². The molecule has 0 unspecified atom stereocenters. The van der Waals surface area contributed by atoms with E-state index in [9.17, 15) is 23.6 Å². The Hall–Kier alpha value is -3.55. The monoisotopic (exact) mass is 371 g/mol. The lowest BCUT2D eigenvalue weighted by Gasteiger charge is -2.07. The molecular formula is C19H14FNO6. The standard InChI is InChI=1S/C19H14FNO6/c1-21-17(23)12-5-3-11(7-13(12)18(21)24)19(25)27-9-15(22)10-4-6-16(26-2)14(20)8-10/h3-8H,9H2,1-2H3. The molecular weight excluding hydrogens is 357 g/mol. The van der Waals surface area contributed by atoms with Crippen LogP contribution in [-0.4, -0.2) is 49.2 Å². The first-order valence-corrected chi connectivity index (χ1v) is 7.83. The molecule has 1 aliphatic heterocycles. The van der Waals surface area contributed by atoms with E-state index in [2.05, 4.69) is 0 Å². The van der Waals surface area contributed by atoms with Gasteiger partial charge in [-0.25, -0.2) is 9.18 Å². The van der Waals surface area contributed by atoms with Crippen molar-refractivity contribution in [3.8, 4) is 5.75 Å². The van der Waals surface area contributed by atoms with E-state index in [4.69, 9.17) is 9.47 Å². The average molecular weight is 371 g/mol. The predicted octanol–water partition coefficient (Wildman–Crippen LogP) is 2.10. The van der Waals surface area contributed by atoms with Gasteiger partial charge in [0.25, 0.3) is 11.8 Å². The van der Waals surface area contributed by atoms with Crippen LogP contribution in [0.2, 0.25) is 0 Å². The molecule has 0 aromatic heterocycles. The highest BCUT2D eigenvalue weighted by atomic mass is 19.1. The first-order chi connectivity index (χ1) is 12.8. The number of imide groups is 1. The van der Waals surface area contributed by atoms with Crippen LogP contribution < -0.4 is 4.74 Å². The number of esters is 1. The van der Waals surface area contributed by atoms with Gasteiger partial charge in [0.2, 0.25) is 0 Å². The minimum absolute atomic E-state index is 0.00846. The Morgan fingerprint density at radius 1 is 1.00 bits per heavy atom. The molecule has 8 heteroatoms. The number of rotatable bonds is 5. The Labute approximate surface area is 153 Å². The van der Waals surface area contributed by atoms with Crippen molar-refractivity contribution in [2.75, 3.05) is 20.8 Å². The molecule has 138 valence electrons. The third-order valence-corrected chi connectivity index (χ3v) is 4.13. The van der Waals surface area contributed by atoms with E-state index in [1.165, 1.54) is 44.5 Å². The van der Waals surface area contributed by atoms with Crippen molar-refractivity contribution in [1.29, 1.82) is 0 Å². The number of fused-ring (bicyclic) bond motifs is 1. The maximum Gasteiger partial charge on any atom is 0.338 e. The van der Waals surface area contributed by atoms with E-state index in [1.807, 2.05) is 0 Å². The Morgan fingerprint density at radius 3 is 2.33 bits per heavy atom. The molecule has 2 amide bonds. The van der Waals surface area contributed by atoms with Gasteiger partial charge in [-0.15, -0.1) is 0 Å². The Balaban J connectivity index is 1.70. The van der Waals surface area contributed by atoms with Gasteiger partial charge in [0.15, 0.2) is 24.0 Å². The molecule has 0 fully saturated rings. The van der Waals surface area contributed by atoms with Crippen LogP contribution in [0.3, 0.4) is 0 Å². The minimum atomic E-state index is -0.838. The Bertz CT molecular complexity index is 984. The average Bonchev–Trinajstić information content (AvgIpc) is 2.89. The highest BCUT2D eigenvalue weighted by molar-refractivity contribution is 6.21. The predicted molar refractivity (Wildman–Crippen MR) is 90.4 cm³/mol. The smallest absolute Gasteiger partial charge is 0.338 e. The molecule has 1 aliphatic rings. The van der Waals surface area contributed by atoms with E-state index in [0.29, 0.717) is 0 Å². The van der Waals surface area contributed by atoms with Crippen molar-refractivity contribution in [3.05, 3.63) is 64.5 Å². The van der Waals surface area contributed by atoms with Crippen LogP contribution in [0.15, 0.2) is 36.4 Å². The summed E-state index contributed by atoms with van der Waals surface area (Å²) in [6, 6.07) is 7.58. The summed E-state index contributed by atoms with van der Waals surface area (Å²) in [6.45, 7) is -0.603. The van der Waals surface area contributed by atoms with E-state index in [1.54, 1.807) is 0 Å². The number of hydrogen-bond acceptors (Lipinski definition) is 6. The van der Waals surface area contributed by atoms with Gasteiger partial charge in [-0.3, -0.25) is 19.3 Å². The summed E-state index contributed by atoms with van der Waals surface area (Å²) in [7, 11) is 2.64. The number of hydrogen-bond donors (Lipinski definition) is 0. The second kappa shape index (κ2) is 6.99. The van der Waals surface area contributed by atoms with Gasteiger partial charge in [0.05, 0.1) is 23.8 Å². The maximum absolute atomic E-state index is 13.7. The fourth-order valence-electron chi connectivity index (χ4n) is 2.63. The minimum Gasteiger partial charge on any atom is -0.494 e. The molecule has 0 atom stereocenters. The summed E-state index contributed by atoms with van der Waals surface area (Å²) >= 11 is 0. The molecule has 2 aromatic carbocycles. The van der Waals surface area contributed by atoms with E-state index >= 15 is 0 Å². The molecule has 0 radical (unpaired) electrons. The summed E-state index contributed by atoms with van der Waals surface area (Å²) in [4.78, 5) is 49.0. The van der Waals surface area contributed by atoms with Crippen LogP contribution in [0, 0.1) is 5.82 Å². The number of amides is 2. The largest absolute Gasteiger partial charge is 0.494 e. The number of methoxy groups -OCH3 is 1. The molecule has 0 bridgehead atoms. The molecule has 1 heterocycles. The third kappa shape index (κ3) is 3.29. The molecule has 0 saturated heterocycles. The van der Waals surface area contributed by atoms with E-state index in [-0.39, 0.29) is 28.0 Å². The molecule has 0 saturated carbocycles. The molecule has 0 N–H and O–H groups in total. The van der Waals surface area contributed by atoms with Gasteiger partial charge in [-0.1, -0.05) is 0 Å². The number of ether oxygens (including phenoxy) is 2. The maximum atomic E-state index is 13.7. The van der Waals surface area contributed by atoms with Crippen LogP contribution in [0.4, 0.5) is 4.39 Å². The van der Waals surface area contributed by atoms with Crippen LogP contribution in [0.5, 0.6) is 5.75 Å². The van der Waals surface area contributed by atoms with Crippen molar-refractivity contribution in [3.63, 3.8) is 0 Å². The van der Waals surface area contributed by atoms with Gasteiger partial charge in [0, 0.05) is 12.6 Å². The summed E-state index contributed by atoms with van der Waals surface area (Å²) in [6.07, 6.45) is 0. The molecule has 0 spiro atoms. The van der Waals surface area contributed by atoms with Crippen LogP contribution >= 0.6 is 0 Å². The first kappa shape index (κ1) is 18.2. The fourth-order valence-corrected chi connectivity index (χ4v) is 2.63. The zero-order chi connectivity index (χ0) is 19.7. The van der Waals surface area contributed by atoms with Gasteiger partial charge in [-0.05, 0) is 36.4 Å². The lowest BCUT2D eigenvalue weighted by molar-refractivity contribution is 0.0474. The lowest BCUT2D eigenvalue weighted by Crippen LogP contribution is -2.24. The van der Waals surface area contributed by atoms with Gasteiger partial charge >= 0.3 is 5.97 Å². The number of carbonyl (C=O) groups is 4. The number of benzene rings is 2. The topological polar surface area (TPSA) is 90.0 Å². The number of carbonyl (C=O) groups excluding carboxylic acids is 4. The molecule has 0 aliphatic carbocycles. The van der Waals surface area contributed by atoms with Crippen molar-refractivity contribution >= 4 is 23.6 Å². The normalized spacial score (nSPS) is 12.8. The van der Waals surface area contributed by atoms with Crippen molar-refractivity contribution in [1.82, 2.24) is 4.90 Å². The van der Waals surface area contributed by atoms with Crippen molar-refractivity contribution in [2.45, 2.75) is 0 Å². The Morgan fingerprint density at radius 2 is 1.67 bits per heavy atom. The molecule has 7 nitrogen and oxygen atoms in total. The van der Waals surface area contributed by atoms with E-state index < -0.39 is 36.0 Å². The second-order valence-corrected chi connectivity index (χ2v) is 5.78. The highest BCUT2D eigenvalue weighted by Crippen LogP contribution is 2.23. The number of nitrogens with zero attached hydrogens (tertiary/aromatic N) is 1. The summed E-state index contributed by atoms with van der Waals surface area (Å²) in [5, 5.41) is 0. The summed E-state index contributed by atoms with van der Waals surface area (Å²) in [5.41, 5.74) is 0.348. The quantitative estimate of drug-likeness (QED) is 0.454. The lowest BCUT2D eigenvalue weighted by atomic mass is 10.1. The second-order valence-electron chi connectivity index (χ2n) is 5.78. The number of ketones is 1. The first-order valence-electron chi connectivity index (χ1n) is 7.83. The zero-order valence-corrected chi connectivity index (χ0v) is 14.4. The number of Topliss-reactive ketones (excluding diaryl/α,β-unsaturated/α-hetero) is 1. The van der Waals surface area contributed by atoms with Crippen LogP contribution in [0.1, 0.15) is 41.4 Å². The number of halogens is 1. The van der Waals surface area contributed by atoms with Crippen LogP contribution in [-0.2, 0) is 4.74 Å². The third-order valence-electron chi connectivity index (χ3n) is 4.13. The summed E-state index contributed by atoms with van der Waals surface area (Å²) < 4.78 is 23.4. The molecule has 3 rings (SSSR count). The zero-order valence-electron chi connectivity index (χ0n) is 14.4. The van der Waals surface area contributed by atoms with E-state index in [0.717, 1.165) is 11.0 Å². The highest BCUT2D eigenvalue weighted by Gasteiger charge is 2.33. The molecule has 2 aromatic rings. The Kier molecular flexibility index (Phi) is 4.72. The van der Waals surface area contributed by atoms with Crippen molar-refractivity contribution < 1.29 is 33.0 Å². The SMILES string of the molecule is COc1ccc(C(=O)COC(=O)c2ccc3c(c2)C(=O)N(C)C3=O)cc1F. The molecule has 27 heavy (non-hydrogen) atoms. The van der Waals surface area contributed by atoms with Gasteiger partial charge < -0.3 is 9.47 Å². The van der Waals surface area contributed by atoms with Crippen LogP contribution in [0.25, 0.3) is 0 Å². The fraction of sp³-hybridized carbons (Fsp3) is 0.158. The van der Waals surface area contributed by atoms with Gasteiger partial charge in [-0.2, -0.15) is 0 Å². The van der Waals surface area contributed by atoms with Crippen molar-refractivity contribution in [2.24, 2.45) is 0 Å².